The van der Waals surface area contributed by atoms with Crippen LogP contribution in [0.25, 0.3) is 5.65 Å². The summed E-state index contributed by atoms with van der Waals surface area (Å²) >= 11 is 0. The summed E-state index contributed by atoms with van der Waals surface area (Å²) in [7, 11) is 0. The van der Waals surface area contributed by atoms with Crippen LogP contribution in [0.3, 0.4) is 0 Å². The first-order chi connectivity index (χ1) is 17.2. The average molecular weight is 490 g/mol. The van der Waals surface area contributed by atoms with Gasteiger partial charge < -0.3 is 14.6 Å². The highest BCUT2D eigenvalue weighted by atomic mass is 16.5. The van der Waals surface area contributed by atoms with Crippen molar-refractivity contribution >= 4 is 17.7 Å². The van der Waals surface area contributed by atoms with E-state index in [1.165, 1.54) is 0 Å². The zero-order chi connectivity index (χ0) is 25.4. The minimum absolute atomic E-state index is 0.0767. The van der Waals surface area contributed by atoms with E-state index < -0.39 is 6.03 Å². The number of aromatic nitrogens is 5. The number of carbonyl (C=O) groups is 1. The normalized spacial score (nSPS) is 17.7. The van der Waals surface area contributed by atoms with Crippen LogP contribution in [0.4, 0.5) is 10.8 Å². The summed E-state index contributed by atoms with van der Waals surface area (Å²) in [6.45, 7) is 10.1. The smallest absolute Gasteiger partial charge is 0.329 e. The highest BCUT2D eigenvalue weighted by Crippen LogP contribution is 2.39. The number of fused-ring (bicyclic) bond motifs is 2. The van der Waals surface area contributed by atoms with E-state index in [9.17, 15) is 4.79 Å². The number of ether oxygens (including phenoxy) is 1. The first-order valence-corrected chi connectivity index (χ1v) is 12.2. The largest absolute Gasteiger partial charge is 0.484 e. The van der Waals surface area contributed by atoms with E-state index in [4.69, 9.17) is 9.26 Å². The Balaban J connectivity index is 1.30. The number of hydrogen-bond donors (Lipinski definition) is 2. The van der Waals surface area contributed by atoms with Crippen molar-refractivity contribution in [3.63, 3.8) is 0 Å². The molecule has 10 nitrogen and oxygen atoms in total. The number of anilines is 1. The molecule has 0 aliphatic heterocycles. The average Bonchev–Trinajstić information content (AvgIpc) is 3.47. The molecule has 0 fully saturated rings. The van der Waals surface area contributed by atoms with Gasteiger partial charge in [-0.2, -0.15) is 4.98 Å². The van der Waals surface area contributed by atoms with Crippen molar-refractivity contribution in [2.45, 2.75) is 70.9 Å². The summed E-state index contributed by atoms with van der Waals surface area (Å²) in [5.74, 6) is 2.42. The minimum Gasteiger partial charge on any atom is -0.484 e. The number of nitrogens with zero attached hydrogens (tertiary/aromatic N) is 5. The molecule has 0 spiro atoms. The molecule has 0 saturated heterocycles. The number of carbonyl (C=O) groups excluding carboxylic acids is 1. The van der Waals surface area contributed by atoms with Crippen LogP contribution in [-0.4, -0.2) is 30.8 Å². The monoisotopic (exact) mass is 489 g/mol. The number of hydrogen-bond acceptors (Lipinski definition) is 7. The molecular formula is C26H31N7O3. The molecule has 4 aromatic rings. The van der Waals surface area contributed by atoms with Gasteiger partial charge in [-0.3, -0.25) is 9.72 Å². The first kappa shape index (κ1) is 23.8. The Labute approximate surface area is 209 Å². The van der Waals surface area contributed by atoms with E-state index in [0.717, 1.165) is 41.2 Å². The fraction of sp³-hybridized carbons (Fsp3) is 0.423. The zero-order valence-corrected chi connectivity index (χ0v) is 21.1. The van der Waals surface area contributed by atoms with Gasteiger partial charge in [0.1, 0.15) is 17.7 Å². The predicted molar refractivity (Wildman–Crippen MR) is 134 cm³/mol. The van der Waals surface area contributed by atoms with Crippen LogP contribution in [0.15, 0.2) is 47.1 Å². The lowest BCUT2D eigenvalue weighted by molar-refractivity contribution is 0.171. The topological polar surface area (TPSA) is 119 Å². The molecule has 36 heavy (non-hydrogen) atoms. The second kappa shape index (κ2) is 9.25. The van der Waals surface area contributed by atoms with Gasteiger partial charge in [-0.05, 0) is 36.1 Å². The summed E-state index contributed by atoms with van der Waals surface area (Å²) in [6.07, 6.45) is 3.28. The number of nitrogens with one attached hydrogen (secondary N) is 2. The predicted octanol–water partition coefficient (Wildman–Crippen LogP) is 5.31. The SMILES string of the molecule is CC(C)c1nnc2ccc(O[C@H]3CC[C@H](NC(=O)Nc4nc(C(C)(C)C)no4)c4ccccc43)cn12. The fourth-order valence-electron chi connectivity index (χ4n) is 4.41. The molecule has 0 saturated carbocycles. The lowest BCUT2D eigenvalue weighted by Gasteiger charge is -2.32. The molecule has 0 unspecified atom stereocenters. The molecule has 2 atom stereocenters. The Morgan fingerprint density at radius 3 is 2.61 bits per heavy atom. The summed E-state index contributed by atoms with van der Waals surface area (Å²) in [6, 6.07) is 11.4. The highest BCUT2D eigenvalue weighted by Gasteiger charge is 2.30. The van der Waals surface area contributed by atoms with E-state index in [2.05, 4.69) is 50.9 Å². The van der Waals surface area contributed by atoms with Gasteiger partial charge in [0, 0.05) is 11.3 Å². The molecule has 3 heterocycles. The maximum absolute atomic E-state index is 12.7. The van der Waals surface area contributed by atoms with Crippen molar-refractivity contribution in [2.24, 2.45) is 0 Å². The van der Waals surface area contributed by atoms with Gasteiger partial charge in [-0.25, -0.2) is 4.79 Å². The van der Waals surface area contributed by atoms with Crippen LogP contribution in [0.2, 0.25) is 0 Å². The summed E-state index contributed by atoms with van der Waals surface area (Å²) < 4.78 is 13.6. The third-order valence-corrected chi connectivity index (χ3v) is 6.25. The highest BCUT2D eigenvalue weighted by molar-refractivity contribution is 5.87. The zero-order valence-electron chi connectivity index (χ0n) is 21.1. The van der Waals surface area contributed by atoms with Crippen molar-refractivity contribution in [3.8, 4) is 5.75 Å². The van der Waals surface area contributed by atoms with Crippen LogP contribution < -0.4 is 15.4 Å². The van der Waals surface area contributed by atoms with Crippen LogP contribution in [0, 0.1) is 0 Å². The lowest BCUT2D eigenvalue weighted by atomic mass is 9.85. The maximum atomic E-state index is 12.7. The second-order valence-electron chi connectivity index (χ2n) is 10.4. The second-order valence-corrected chi connectivity index (χ2v) is 10.4. The molecule has 1 aliphatic rings. The quantitative estimate of drug-likeness (QED) is 0.390. The molecule has 3 aromatic heterocycles. The van der Waals surface area contributed by atoms with Crippen molar-refractivity contribution in [2.75, 3.05) is 5.32 Å². The standard InChI is InChI=1S/C26H31N7O3/c1-15(2)22-31-30-21-13-10-16(14-33(21)22)35-20-12-11-19(17-8-6-7-9-18(17)20)27-24(34)29-25-28-23(32-36-25)26(3,4)5/h6-10,13-15,19-20H,11-12H2,1-5H3,(H2,27,28,29,32,34)/t19-,20-/m0/s1. The van der Waals surface area contributed by atoms with Gasteiger partial charge in [0.2, 0.25) is 0 Å². The van der Waals surface area contributed by atoms with E-state index in [0.29, 0.717) is 5.82 Å². The first-order valence-electron chi connectivity index (χ1n) is 12.2. The maximum Gasteiger partial charge on any atom is 0.329 e. The molecule has 5 rings (SSSR count). The molecule has 0 radical (unpaired) electrons. The van der Waals surface area contributed by atoms with Crippen molar-refractivity contribution in [1.82, 2.24) is 30.1 Å². The number of benzene rings is 1. The van der Waals surface area contributed by atoms with Crippen molar-refractivity contribution in [1.29, 1.82) is 0 Å². The molecule has 1 aromatic carbocycles. The Bertz CT molecular complexity index is 1390. The summed E-state index contributed by atoms with van der Waals surface area (Å²) in [4.78, 5) is 17.0. The van der Waals surface area contributed by atoms with Crippen LogP contribution >= 0.6 is 0 Å². The van der Waals surface area contributed by atoms with Crippen molar-refractivity contribution < 1.29 is 14.1 Å². The number of pyridine rings is 1. The van der Waals surface area contributed by atoms with Crippen molar-refractivity contribution in [3.05, 3.63) is 65.4 Å². The van der Waals surface area contributed by atoms with Gasteiger partial charge in [0.25, 0.3) is 0 Å². The molecule has 10 heteroatoms. The molecule has 188 valence electrons. The molecule has 0 bridgehead atoms. The van der Waals surface area contributed by atoms with Gasteiger partial charge in [-0.1, -0.05) is 64.0 Å². The van der Waals surface area contributed by atoms with E-state index in [1.807, 2.05) is 61.7 Å². The van der Waals surface area contributed by atoms with E-state index >= 15 is 0 Å². The van der Waals surface area contributed by atoms with Gasteiger partial charge in [0.15, 0.2) is 11.5 Å². The van der Waals surface area contributed by atoms with Gasteiger partial charge in [0.05, 0.1) is 12.2 Å². The Morgan fingerprint density at radius 2 is 1.89 bits per heavy atom. The summed E-state index contributed by atoms with van der Waals surface area (Å²) in [5, 5.41) is 18.2. The van der Waals surface area contributed by atoms with E-state index in [1.54, 1.807) is 0 Å². The molecule has 2 amide bonds. The Hall–Kier alpha value is -3.95. The fourth-order valence-corrected chi connectivity index (χ4v) is 4.41. The number of rotatable bonds is 5. The molecule has 2 N–H and O–H groups in total. The Morgan fingerprint density at radius 1 is 1.11 bits per heavy atom. The molecular weight excluding hydrogens is 458 g/mol. The molecule has 1 aliphatic carbocycles. The van der Waals surface area contributed by atoms with Crippen LogP contribution in [0.5, 0.6) is 5.75 Å². The minimum atomic E-state index is -0.391. The van der Waals surface area contributed by atoms with Crippen LogP contribution in [-0.2, 0) is 5.41 Å². The van der Waals surface area contributed by atoms with Gasteiger partial charge in [-0.15, -0.1) is 10.2 Å². The Kier molecular flexibility index (Phi) is 6.11. The van der Waals surface area contributed by atoms with E-state index in [-0.39, 0.29) is 29.5 Å². The lowest BCUT2D eigenvalue weighted by Crippen LogP contribution is -2.35. The van der Waals surface area contributed by atoms with Gasteiger partial charge >= 0.3 is 12.0 Å². The number of urea groups is 1. The number of amides is 2. The third kappa shape index (κ3) is 4.75. The van der Waals surface area contributed by atoms with Crippen LogP contribution in [0.1, 0.15) is 88.3 Å². The third-order valence-electron chi connectivity index (χ3n) is 6.25. The summed E-state index contributed by atoms with van der Waals surface area (Å²) in [5.41, 5.74) is 2.60.